The molecule has 0 bridgehead atoms. The fourth-order valence-electron chi connectivity index (χ4n) is 2.72. The lowest BCUT2D eigenvalue weighted by Gasteiger charge is -2.10. The number of hydrogen-bond donors (Lipinski definition) is 2. The Balaban J connectivity index is 1.64. The Morgan fingerprint density at radius 2 is 1.93 bits per heavy atom. The molecule has 0 fully saturated rings. The van der Waals surface area contributed by atoms with Crippen molar-refractivity contribution in [1.82, 2.24) is 9.78 Å². The molecule has 0 radical (unpaired) electrons. The molecule has 8 nitrogen and oxygen atoms in total. The summed E-state index contributed by atoms with van der Waals surface area (Å²) in [6, 6.07) is 16.7. The number of primary amides is 1. The minimum absolute atomic E-state index is 0.245. The molecular weight excluding hydrogens is 384 g/mol. The molecule has 3 rings (SSSR count). The van der Waals surface area contributed by atoms with Gasteiger partial charge in [-0.2, -0.15) is 5.10 Å². The molecule has 0 aliphatic carbocycles. The second-order valence-electron chi connectivity index (χ2n) is 6.35. The van der Waals surface area contributed by atoms with E-state index in [-0.39, 0.29) is 12.5 Å². The molecule has 3 N–H and O–H groups in total. The number of anilines is 1. The summed E-state index contributed by atoms with van der Waals surface area (Å²) in [5.74, 6) is 0.547. The summed E-state index contributed by atoms with van der Waals surface area (Å²) >= 11 is 0. The summed E-state index contributed by atoms with van der Waals surface area (Å²) < 4.78 is 12.3. The fraction of sp³-hybridized carbons (Fsp3) is 0.136. The number of rotatable bonds is 9. The van der Waals surface area contributed by atoms with Gasteiger partial charge >= 0.3 is 0 Å². The van der Waals surface area contributed by atoms with Gasteiger partial charge in [-0.25, -0.2) is 4.68 Å². The molecule has 30 heavy (non-hydrogen) atoms. The van der Waals surface area contributed by atoms with Crippen molar-refractivity contribution >= 4 is 23.7 Å². The smallest absolute Gasteiger partial charge is 0.255 e. The molecule has 154 valence electrons. The third kappa shape index (κ3) is 5.71. The highest BCUT2D eigenvalue weighted by molar-refractivity contribution is 6.01. The Morgan fingerprint density at radius 3 is 2.67 bits per heavy atom. The summed E-state index contributed by atoms with van der Waals surface area (Å²) in [7, 11) is 1.49. The van der Waals surface area contributed by atoms with E-state index in [1.165, 1.54) is 13.2 Å². The molecule has 0 aliphatic rings. The van der Waals surface area contributed by atoms with Crippen LogP contribution < -0.4 is 20.5 Å². The molecule has 8 heteroatoms. The van der Waals surface area contributed by atoms with Crippen LogP contribution in [0, 0.1) is 0 Å². The predicted molar refractivity (Wildman–Crippen MR) is 113 cm³/mol. The summed E-state index contributed by atoms with van der Waals surface area (Å²) in [5.41, 5.74) is 6.89. The van der Waals surface area contributed by atoms with Crippen molar-refractivity contribution in [1.29, 1.82) is 0 Å². The van der Waals surface area contributed by atoms with Gasteiger partial charge in [0.05, 0.1) is 19.9 Å². The highest BCUT2D eigenvalue weighted by Crippen LogP contribution is 2.28. The van der Waals surface area contributed by atoms with E-state index in [9.17, 15) is 9.59 Å². The van der Waals surface area contributed by atoms with E-state index in [4.69, 9.17) is 15.2 Å². The maximum absolute atomic E-state index is 12.3. The zero-order valence-electron chi connectivity index (χ0n) is 16.4. The zero-order valence-corrected chi connectivity index (χ0v) is 16.4. The fourth-order valence-corrected chi connectivity index (χ4v) is 2.72. The second-order valence-corrected chi connectivity index (χ2v) is 6.35. The number of ether oxygens (including phenoxy) is 2. The van der Waals surface area contributed by atoms with Crippen molar-refractivity contribution < 1.29 is 19.1 Å². The van der Waals surface area contributed by atoms with E-state index in [2.05, 4.69) is 10.4 Å². The minimum atomic E-state index is -0.579. The van der Waals surface area contributed by atoms with E-state index < -0.39 is 5.91 Å². The molecule has 0 saturated heterocycles. The molecule has 2 aromatic carbocycles. The van der Waals surface area contributed by atoms with Gasteiger partial charge < -0.3 is 20.5 Å². The van der Waals surface area contributed by atoms with Crippen molar-refractivity contribution in [2.24, 2.45) is 5.73 Å². The van der Waals surface area contributed by atoms with Crippen LogP contribution >= 0.6 is 0 Å². The number of carbonyl (C=O) groups excluding carboxylic acids is 2. The van der Waals surface area contributed by atoms with E-state index in [1.807, 2.05) is 30.3 Å². The molecule has 0 unspecified atom stereocenters. The number of nitrogens with one attached hydrogen (secondary N) is 1. The van der Waals surface area contributed by atoms with Crippen molar-refractivity contribution in [2.45, 2.75) is 6.54 Å². The molecule has 1 heterocycles. The Labute approximate surface area is 173 Å². The first-order chi connectivity index (χ1) is 14.5. The van der Waals surface area contributed by atoms with Crippen LogP contribution in [0.1, 0.15) is 11.1 Å². The quantitative estimate of drug-likeness (QED) is 0.531. The number of benzene rings is 2. The molecule has 2 amide bonds. The Kier molecular flexibility index (Phi) is 6.83. The van der Waals surface area contributed by atoms with Gasteiger partial charge in [0.25, 0.3) is 5.91 Å². The molecule has 0 saturated carbocycles. The van der Waals surface area contributed by atoms with Gasteiger partial charge in [-0.05, 0) is 29.3 Å². The van der Waals surface area contributed by atoms with Crippen molar-refractivity contribution in [3.05, 3.63) is 78.0 Å². The highest BCUT2D eigenvalue weighted by Gasteiger charge is 2.08. The molecular formula is C22H22N4O4. The third-order valence-corrected chi connectivity index (χ3v) is 4.13. The third-order valence-electron chi connectivity index (χ3n) is 4.13. The molecule has 3 aromatic rings. The van der Waals surface area contributed by atoms with E-state index in [1.54, 1.807) is 41.2 Å². The van der Waals surface area contributed by atoms with Crippen molar-refractivity contribution in [3.8, 4) is 11.5 Å². The van der Waals surface area contributed by atoms with Crippen LogP contribution in [0.5, 0.6) is 11.5 Å². The van der Waals surface area contributed by atoms with Crippen LogP contribution in [0.4, 0.5) is 5.82 Å². The Bertz CT molecular complexity index is 1040. The molecule has 1 aromatic heterocycles. The lowest BCUT2D eigenvalue weighted by molar-refractivity contribution is -0.120. The standard InChI is InChI=1S/C22H22N4O4/c1-29-19-13-16(7-9-18(19)30-15-20(23)27)8-10-22(28)25-21-11-12-24-26(21)14-17-5-3-2-4-6-17/h2-13H,14-15H2,1H3,(H2,23,27)(H,25,28)/b10-8+. The number of aromatic nitrogens is 2. The van der Waals surface area contributed by atoms with Gasteiger partial charge in [-0.15, -0.1) is 0 Å². The lowest BCUT2D eigenvalue weighted by Crippen LogP contribution is -2.20. The Hall–Kier alpha value is -4.07. The average Bonchev–Trinajstić information content (AvgIpc) is 3.18. The lowest BCUT2D eigenvalue weighted by atomic mass is 10.2. The van der Waals surface area contributed by atoms with Gasteiger partial charge in [-0.1, -0.05) is 36.4 Å². The number of carbonyl (C=O) groups is 2. The predicted octanol–water partition coefficient (Wildman–Crippen LogP) is 2.46. The van der Waals surface area contributed by atoms with Gasteiger partial charge in [0.15, 0.2) is 18.1 Å². The van der Waals surface area contributed by atoms with Crippen molar-refractivity contribution in [2.75, 3.05) is 19.0 Å². The number of nitrogens with zero attached hydrogens (tertiary/aromatic N) is 2. The topological polar surface area (TPSA) is 108 Å². The SMILES string of the molecule is COc1cc(/C=C/C(=O)Nc2ccnn2Cc2ccccc2)ccc1OCC(N)=O. The van der Waals surface area contributed by atoms with Gasteiger partial charge in [0, 0.05) is 12.1 Å². The summed E-state index contributed by atoms with van der Waals surface area (Å²) in [4.78, 5) is 23.2. The first kappa shape index (κ1) is 20.7. The van der Waals surface area contributed by atoms with Crippen LogP contribution in [0.2, 0.25) is 0 Å². The highest BCUT2D eigenvalue weighted by atomic mass is 16.5. The minimum Gasteiger partial charge on any atom is -0.493 e. The first-order valence-electron chi connectivity index (χ1n) is 9.19. The van der Waals surface area contributed by atoms with Gasteiger partial charge in [0.2, 0.25) is 5.91 Å². The molecule has 0 spiro atoms. The zero-order chi connectivity index (χ0) is 21.3. The second kappa shape index (κ2) is 9.92. The average molecular weight is 406 g/mol. The first-order valence-corrected chi connectivity index (χ1v) is 9.19. The largest absolute Gasteiger partial charge is 0.493 e. The van der Waals surface area contributed by atoms with Gasteiger partial charge in [-0.3, -0.25) is 9.59 Å². The summed E-state index contributed by atoms with van der Waals surface area (Å²) in [6.45, 7) is 0.307. The maximum atomic E-state index is 12.3. The number of nitrogens with two attached hydrogens (primary N) is 1. The van der Waals surface area contributed by atoms with Crippen molar-refractivity contribution in [3.63, 3.8) is 0 Å². The Morgan fingerprint density at radius 1 is 1.13 bits per heavy atom. The number of hydrogen-bond acceptors (Lipinski definition) is 5. The van der Waals surface area contributed by atoms with E-state index in [0.717, 1.165) is 11.1 Å². The van der Waals surface area contributed by atoms with Gasteiger partial charge in [0.1, 0.15) is 5.82 Å². The normalized spacial score (nSPS) is 10.7. The number of amides is 2. The van der Waals surface area contributed by atoms with Crippen LogP contribution in [0.25, 0.3) is 6.08 Å². The summed E-state index contributed by atoms with van der Waals surface area (Å²) in [5, 5.41) is 7.08. The molecule has 0 aliphatic heterocycles. The van der Waals surface area contributed by atoms with E-state index in [0.29, 0.717) is 23.9 Å². The number of methoxy groups -OCH3 is 1. The van der Waals surface area contributed by atoms with Crippen LogP contribution in [0.3, 0.4) is 0 Å². The monoisotopic (exact) mass is 406 g/mol. The van der Waals surface area contributed by atoms with Crippen LogP contribution in [0.15, 0.2) is 66.9 Å². The van der Waals surface area contributed by atoms with E-state index >= 15 is 0 Å². The maximum Gasteiger partial charge on any atom is 0.255 e. The summed E-state index contributed by atoms with van der Waals surface area (Å²) in [6.07, 6.45) is 4.70. The molecule has 0 atom stereocenters. The van der Waals surface area contributed by atoms with Crippen LogP contribution in [-0.2, 0) is 16.1 Å². The van der Waals surface area contributed by atoms with Crippen LogP contribution in [-0.4, -0.2) is 35.3 Å².